The molecule has 2 unspecified atom stereocenters. The SMILES string of the molecule is CC(C)=CC1C(C(=O)Nc2c(C)cccc2C(C)C)C1(C)C. The fourth-order valence-electron chi connectivity index (χ4n) is 3.39. The zero-order chi connectivity index (χ0) is 16.7. The van der Waals surface area contributed by atoms with E-state index in [2.05, 4.69) is 78.1 Å². The molecule has 0 spiro atoms. The first-order valence-corrected chi connectivity index (χ1v) is 8.21. The fraction of sp³-hybridized carbons (Fsp3) is 0.550. The van der Waals surface area contributed by atoms with Gasteiger partial charge in [0.1, 0.15) is 0 Å². The van der Waals surface area contributed by atoms with Crippen molar-refractivity contribution in [3.05, 3.63) is 41.0 Å². The summed E-state index contributed by atoms with van der Waals surface area (Å²) in [7, 11) is 0. The molecule has 120 valence electrons. The number of carbonyl (C=O) groups is 1. The van der Waals surface area contributed by atoms with E-state index in [1.54, 1.807) is 0 Å². The van der Waals surface area contributed by atoms with Crippen LogP contribution >= 0.6 is 0 Å². The van der Waals surface area contributed by atoms with E-state index in [4.69, 9.17) is 0 Å². The van der Waals surface area contributed by atoms with Crippen LogP contribution in [0.1, 0.15) is 58.6 Å². The van der Waals surface area contributed by atoms with Crippen LogP contribution in [0.3, 0.4) is 0 Å². The van der Waals surface area contributed by atoms with Gasteiger partial charge >= 0.3 is 0 Å². The van der Waals surface area contributed by atoms with E-state index in [-0.39, 0.29) is 17.2 Å². The Morgan fingerprint density at radius 1 is 1.27 bits per heavy atom. The molecule has 0 saturated heterocycles. The smallest absolute Gasteiger partial charge is 0.228 e. The predicted octanol–water partition coefficient (Wildman–Crippen LogP) is 5.30. The lowest BCUT2D eigenvalue weighted by Gasteiger charge is -2.16. The summed E-state index contributed by atoms with van der Waals surface area (Å²) in [6.07, 6.45) is 2.24. The quantitative estimate of drug-likeness (QED) is 0.751. The largest absolute Gasteiger partial charge is 0.325 e. The summed E-state index contributed by atoms with van der Waals surface area (Å²) in [4.78, 5) is 12.8. The first-order chi connectivity index (χ1) is 10.2. The van der Waals surface area contributed by atoms with Gasteiger partial charge in [-0.3, -0.25) is 4.79 Å². The molecule has 22 heavy (non-hydrogen) atoms. The summed E-state index contributed by atoms with van der Waals surface area (Å²) in [6, 6.07) is 6.24. The van der Waals surface area contributed by atoms with E-state index in [0.29, 0.717) is 11.8 Å². The Morgan fingerprint density at radius 3 is 2.45 bits per heavy atom. The van der Waals surface area contributed by atoms with E-state index < -0.39 is 0 Å². The number of benzene rings is 1. The number of nitrogens with one attached hydrogen (secondary N) is 1. The lowest BCUT2D eigenvalue weighted by atomic mass is 9.98. The number of rotatable bonds is 4. The highest BCUT2D eigenvalue weighted by Gasteiger charge is 2.60. The molecule has 2 atom stereocenters. The van der Waals surface area contributed by atoms with Crippen LogP contribution in [0, 0.1) is 24.2 Å². The lowest BCUT2D eigenvalue weighted by Crippen LogP contribution is -2.19. The van der Waals surface area contributed by atoms with Gasteiger partial charge in [-0.2, -0.15) is 0 Å². The average Bonchev–Trinajstić information content (AvgIpc) is 2.92. The molecule has 2 nitrogen and oxygen atoms in total. The lowest BCUT2D eigenvalue weighted by molar-refractivity contribution is -0.118. The third kappa shape index (κ3) is 3.11. The minimum Gasteiger partial charge on any atom is -0.325 e. The molecule has 1 aliphatic carbocycles. The first-order valence-electron chi connectivity index (χ1n) is 8.21. The molecule has 2 heteroatoms. The van der Waals surface area contributed by atoms with Crippen molar-refractivity contribution in [1.82, 2.24) is 0 Å². The molecular formula is C20H29NO. The molecular weight excluding hydrogens is 270 g/mol. The minimum absolute atomic E-state index is 0.0576. The van der Waals surface area contributed by atoms with Gasteiger partial charge in [0.15, 0.2) is 0 Å². The number of hydrogen-bond acceptors (Lipinski definition) is 1. The predicted molar refractivity (Wildman–Crippen MR) is 94.1 cm³/mol. The van der Waals surface area contributed by atoms with E-state index >= 15 is 0 Å². The molecule has 0 aliphatic heterocycles. The van der Waals surface area contributed by atoms with Crippen LogP contribution in [0.25, 0.3) is 0 Å². The van der Waals surface area contributed by atoms with Crippen molar-refractivity contribution < 1.29 is 4.79 Å². The molecule has 1 aromatic rings. The van der Waals surface area contributed by atoms with Gasteiger partial charge in [0, 0.05) is 5.69 Å². The van der Waals surface area contributed by atoms with E-state index in [1.165, 1.54) is 11.1 Å². The van der Waals surface area contributed by atoms with Crippen molar-refractivity contribution in [3.63, 3.8) is 0 Å². The molecule has 1 saturated carbocycles. The monoisotopic (exact) mass is 299 g/mol. The highest BCUT2D eigenvalue weighted by atomic mass is 16.2. The Kier molecular flexibility index (Phi) is 4.51. The highest BCUT2D eigenvalue weighted by Crippen LogP contribution is 2.59. The number of amides is 1. The summed E-state index contributed by atoms with van der Waals surface area (Å²) in [6.45, 7) is 15.0. The van der Waals surface area contributed by atoms with Crippen molar-refractivity contribution in [3.8, 4) is 0 Å². The molecule has 0 bridgehead atoms. The van der Waals surface area contributed by atoms with Gasteiger partial charge in [0.05, 0.1) is 5.92 Å². The maximum absolute atomic E-state index is 12.8. The molecule has 0 aromatic heterocycles. The molecule has 0 radical (unpaired) electrons. The van der Waals surface area contributed by atoms with Crippen LogP contribution in [0.5, 0.6) is 0 Å². The van der Waals surface area contributed by atoms with Crippen LogP contribution in [0.2, 0.25) is 0 Å². The topological polar surface area (TPSA) is 29.1 Å². The minimum atomic E-state index is 0.0576. The second-order valence-corrected chi connectivity index (χ2v) is 7.75. The van der Waals surface area contributed by atoms with Crippen molar-refractivity contribution in [2.45, 2.75) is 54.4 Å². The second kappa shape index (κ2) is 5.91. The Morgan fingerprint density at radius 2 is 1.91 bits per heavy atom. The zero-order valence-corrected chi connectivity index (χ0v) is 14.9. The van der Waals surface area contributed by atoms with Gasteiger partial charge in [-0.05, 0) is 49.1 Å². The van der Waals surface area contributed by atoms with Crippen LogP contribution in [-0.2, 0) is 4.79 Å². The summed E-state index contributed by atoms with van der Waals surface area (Å²) >= 11 is 0. The van der Waals surface area contributed by atoms with Crippen LogP contribution < -0.4 is 5.32 Å². The first kappa shape index (κ1) is 16.8. The van der Waals surface area contributed by atoms with Gasteiger partial charge in [0.2, 0.25) is 5.91 Å². The molecule has 1 fully saturated rings. The Labute approximate surface area is 135 Å². The molecule has 0 heterocycles. The van der Waals surface area contributed by atoms with Gasteiger partial charge in [0.25, 0.3) is 0 Å². The van der Waals surface area contributed by atoms with Crippen LogP contribution in [0.15, 0.2) is 29.8 Å². The second-order valence-electron chi connectivity index (χ2n) is 7.75. The third-order valence-electron chi connectivity index (χ3n) is 4.88. The highest BCUT2D eigenvalue weighted by molar-refractivity contribution is 5.97. The summed E-state index contributed by atoms with van der Waals surface area (Å²) < 4.78 is 0. The standard InChI is InChI=1S/C20H29NO/c1-12(2)11-16-17(20(16,6)7)19(22)21-18-14(5)9-8-10-15(18)13(3)4/h8-11,13,16-17H,1-7H3,(H,21,22). The van der Waals surface area contributed by atoms with Crippen molar-refractivity contribution in [1.29, 1.82) is 0 Å². The van der Waals surface area contributed by atoms with E-state index in [0.717, 1.165) is 11.3 Å². The van der Waals surface area contributed by atoms with Gasteiger partial charge in [-0.25, -0.2) is 0 Å². The summed E-state index contributed by atoms with van der Waals surface area (Å²) in [5.41, 5.74) is 4.69. The van der Waals surface area contributed by atoms with Crippen LogP contribution in [0.4, 0.5) is 5.69 Å². The Balaban J connectivity index is 2.23. The Bertz CT molecular complexity index is 606. The summed E-state index contributed by atoms with van der Waals surface area (Å²) in [5, 5.41) is 3.21. The molecule has 1 aliphatic rings. The average molecular weight is 299 g/mol. The van der Waals surface area contributed by atoms with Crippen molar-refractivity contribution in [2.75, 3.05) is 5.32 Å². The maximum Gasteiger partial charge on any atom is 0.228 e. The summed E-state index contributed by atoms with van der Waals surface area (Å²) in [5.74, 6) is 0.978. The number of carbonyl (C=O) groups excluding carboxylic acids is 1. The fourth-order valence-corrected chi connectivity index (χ4v) is 3.39. The van der Waals surface area contributed by atoms with Gasteiger partial charge in [-0.15, -0.1) is 0 Å². The van der Waals surface area contributed by atoms with Gasteiger partial charge < -0.3 is 5.32 Å². The number of aryl methyl sites for hydroxylation is 1. The third-order valence-corrected chi connectivity index (χ3v) is 4.88. The molecule has 1 N–H and O–H groups in total. The van der Waals surface area contributed by atoms with E-state index in [9.17, 15) is 4.79 Å². The normalized spacial score (nSPS) is 22.4. The molecule has 1 amide bonds. The Hall–Kier alpha value is -1.57. The number of anilines is 1. The van der Waals surface area contributed by atoms with Crippen molar-refractivity contribution in [2.24, 2.45) is 17.3 Å². The molecule has 2 rings (SSSR count). The number of para-hydroxylation sites is 1. The van der Waals surface area contributed by atoms with Gasteiger partial charge in [-0.1, -0.05) is 57.5 Å². The number of allylic oxidation sites excluding steroid dienone is 2. The van der Waals surface area contributed by atoms with Crippen LogP contribution in [-0.4, -0.2) is 5.91 Å². The molecule has 1 aromatic carbocycles. The van der Waals surface area contributed by atoms with E-state index in [1.807, 2.05) is 0 Å². The number of hydrogen-bond donors (Lipinski definition) is 1. The van der Waals surface area contributed by atoms with Crippen molar-refractivity contribution >= 4 is 11.6 Å². The maximum atomic E-state index is 12.8. The zero-order valence-electron chi connectivity index (χ0n) is 14.9.